The minimum Gasteiger partial charge on any atom is -0.273 e. The fourth-order valence-corrected chi connectivity index (χ4v) is 1.71. The second kappa shape index (κ2) is 4.48. The molecule has 0 aromatic heterocycles. The average molecular weight is 168 g/mol. The Balaban J connectivity index is 2.30. The Morgan fingerprint density at radius 2 is 1.83 bits per heavy atom. The molecule has 0 heterocycles. The van der Waals surface area contributed by atoms with Crippen molar-refractivity contribution in [1.29, 1.82) is 0 Å². The summed E-state index contributed by atoms with van der Waals surface area (Å²) in [5, 5.41) is 4.06. The molecule has 1 radical (unpaired) electrons. The van der Waals surface area contributed by atoms with Gasteiger partial charge in [-0.05, 0) is 26.7 Å². The maximum atomic E-state index is 11.4. The summed E-state index contributed by atoms with van der Waals surface area (Å²) < 4.78 is 0. The highest BCUT2D eigenvalue weighted by atomic mass is 16.1. The summed E-state index contributed by atoms with van der Waals surface area (Å²) in [5.74, 6) is 0.394. The van der Waals surface area contributed by atoms with E-state index in [0.29, 0.717) is 0 Å². The molecule has 0 unspecified atom stereocenters. The van der Waals surface area contributed by atoms with Gasteiger partial charge in [0.1, 0.15) is 0 Å². The molecule has 2 heteroatoms. The summed E-state index contributed by atoms with van der Waals surface area (Å²) in [7, 11) is 0. The van der Waals surface area contributed by atoms with E-state index in [9.17, 15) is 4.79 Å². The molecule has 0 atom stereocenters. The van der Waals surface area contributed by atoms with Gasteiger partial charge in [0.2, 0.25) is 5.91 Å². The Morgan fingerprint density at radius 1 is 1.25 bits per heavy atom. The van der Waals surface area contributed by atoms with Crippen molar-refractivity contribution in [2.75, 3.05) is 0 Å². The lowest BCUT2D eigenvalue weighted by molar-refractivity contribution is -0.126. The molecule has 1 fully saturated rings. The number of hydrogen-bond acceptors (Lipinski definition) is 1. The zero-order valence-electron chi connectivity index (χ0n) is 8.05. The molecule has 12 heavy (non-hydrogen) atoms. The Hall–Kier alpha value is -0.530. The second-order valence-corrected chi connectivity index (χ2v) is 3.90. The van der Waals surface area contributed by atoms with Gasteiger partial charge < -0.3 is 0 Å². The third-order valence-electron chi connectivity index (χ3n) is 2.34. The molecule has 1 amide bonds. The lowest BCUT2D eigenvalue weighted by Gasteiger charge is -2.20. The molecule has 0 aromatic rings. The van der Waals surface area contributed by atoms with Crippen LogP contribution in [-0.4, -0.2) is 11.9 Å². The first kappa shape index (κ1) is 9.56. The van der Waals surface area contributed by atoms with Crippen LogP contribution in [0.15, 0.2) is 0 Å². The first-order valence-electron chi connectivity index (χ1n) is 4.95. The van der Waals surface area contributed by atoms with Gasteiger partial charge in [-0.3, -0.25) is 4.79 Å². The summed E-state index contributed by atoms with van der Waals surface area (Å²) in [6, 6.07) is 0.166. The van der Waals surface area contributed by atoms with E-state index in [1.807, 2.05) is 13.8 Å². The molecule has 0 bridgehead atoms. The Morgan fingerprint density at radius 3 is 2.33 bits per heavy atom. The molecular formula is C10H18NO. The highest BCUT2D eigenvalue weighted by Crippen LogP contribution is 2.23. The van der Waals surface area contributed by atoms with Crippen LogP contribution in [0.5, 0.6) is 0 Å². The first-order chi connectivity index (χ1) is 5.70. The van der Waals surface area contributed by atoms with Crippen LogP contribution in [0, 0.1) is 5.92 Å². The van der Waals surface area contributed by atoms with E-state index in [-0.39, 0.29) is 17.9 Å². The molecule has 2 nitrogen and oxygen atoms in total. The van der Waals surface area contributed by atoms with Crippen molar-refractivity contribution < 1.29 is 4.79 Å². The summed E-state index contributed by atoms with van der Waals surface area (Å²) >= 11 is 0. The van der Waals surface area contributed by atoms with Gasteiger partial charge in [0.05, 0.1) is 0 Å². The van der Waals surface area contributed by atoms with Crippen LogP contribution < -0.4 is 5.32 Å². The number of rotatable bonds is 2. The topological polar surface area (TPSA) is 31.2 Å². The number of carbonyl (C=O) groups excluding carboxylic acids is 1. The van der Waals surface area contributed by atoms with Crippen molar-refractivity contribution in [2.45, 2.75) is 52.0 Å². The zero-order chi connectivity index (χ0) is 8.97. The Labute approximate surface area is 74.7 Å². The molecule has 0 N–H and O–H groups in total. The molecule has 0 spiro atoms. The van der Waals surface area contributed by atoms with Crippen molar-refractivity contribution in [3.63, 3.8) is 0 Å². The van der Waals surface area contributed by atoms with E-state index < -0.39 is 0 Å². The molecule has 0 aromatic carbocycles. The predicted molar refractivity (Wildman–Crippen MR) is 48.9 cm³/mol. The molecule has 0 saturated heterocycles. The minimum absolute atomic E-state index is 0.143. The SMILES string of the molecule is CC(C)[N]C(=O)C1CCCCC1. The number of hydrogen-bond donors (Lipinski definition) is 0. The van der Waals surface area contributed by atoms with Crippen LogP contribution >= 0.6 is 0 Å². The summed E-state index contributed by atoms with van der Waals surface area (Å²) in [6.07, 6.45) is 5.85. The zero-order valence-corrected chi connectivity index (χ0v) is 8.05. The highest BCUT2D eigenvalue weighted by molar-refractivity contribution is 5.78. The lowest BCUT2D eigenvalue weighted by atomic mass is 9.88. The first-order valence-corrected chi connectivity index (χ1v) is 4.95. The largest absolute Gasteiger partial charge is 0.273 e. The van der Waals surface area contributed by atoms with Crippen molar-refractivity contribution in [3.8, 4) is 0 Å². The quantitative estimate of drug-likeness (QED) is 0.621. The Kier molecular flexibility index (Phi) is 3.57. The van der Waals surface area contributed by atoms with Gasteiger partial charge in [-0.2, -0.15) is 0 Å². The van der Waals surface area contributed by atoms with Gasteiger partial charge in [0.15, 0.2) is 0 Å². The highest BCUT2D eigenvalue weighted by Gasteiger charge is 2.22. The molecule has 1 aliphatic rings. The van der Waals surface area contributed by atoms with Crippen molar-refractivity contribution in [3.05, 3.63) is 0 Å². The molecule has 1 saturated carbocycles. The van der Waals surface area contributed by atoms with Gasteiger partial charge >= 0.3 is 0 Å². The smallest absolute Gasteiger partial charge is 0.244 e. The summed E-state index contributed by atoms with van der Waals surface area (Å²) in [6.45, 7) is 3.92. The molecule has 69 valence electrons. The normalized spacial score (nSPS) is 19.6. The minimum atomic E-state index is 0.143. The van der Waals surface area contributed by atoms with Crippen molar-refractivity contribution in [1.82, 2.24) is 5.32 Å². The Bertz CT molecular complexity index is 148. The monoisotopic (exact) mass is 168 g/mol. The van der Waals surface area contributed by atoms with E-state index >= 15 is 0 Å². The third kappa shape index (κ3) is 2.84. The predicted octanol–water partition coefficient (Wildman–Crippen LogP) is 2.11. The maximum absolute atomic E-state index is 11.4. The van der Waals surface area contributed by atoms with Crippen LogP contribution in [-0.2, 0) is 4.79 Å². The summed E-state index contributed by atoms with van der Waals surface area (Å²) in [5.41, 5.74) is 0. The van der Waals surface area contributed by atoms with Gasteiger partial charge in [0, 0.05) is 12.0 Å². The van der Waals surface area contributed by atoms with Gasteiger partial charge in [-0.1, -0.05) is 19.3 Å². The van der Waals surface area contributed by atoms with E-state index in [2.05, 4.69) is 5.32 Å². The van der Waals surface area contributed by atoms with E-state index in [0.717, 1.165) is 12.8 Å². The van der Waals surface area contributed by atoms with Crippen LogP contribution in [0.1, 0.15) is 46.0 Å². The fraction of sp³-hybridized carbons (Fsp3) is 0.900. The number of nitrogens with zero attached hydrogens (tertiary/aromatic N) is 1. The standard InChI is InChI=1S/C10H18NO/c1-8(2)11-10(12)9-6-4-3-5-7-9/h8-9H,3-7H2,1-2H3. The molecular weight excluding hydrogens is 150 g/mol. The van der Waals surface area contributed by atoms with Crippen LogP contribution in [0.3, 0.4) is 0 Å². The lowest BCUT2D eigenvalue weighted by Crippen LogP contribution is -2.30. The summed E-state index contributed by atoms with van der Waals surface area (Å²) in [4.78, 5) is 11.4. The van der Waals surface area contributed by atoms with Gasteiger partial charge in [0.25, 0.3) is 0 Å². The van der Waals surface area contributed by atoms with Gasteiger partial charge in [-0.15, -0.1) is 0 Å². The van der Waals surface area contributed by atoms with Gasteiger partial charge in [-0.25, -0.2) is 5.32 Å². The van der Waals surface area contributed by atoms with Crippen molar-refractivity contribution >= 4 is 5.91 Å². The molecule has 1 aliphatic carbocycles. The molecule has 0 aliphatic heterocycles. The number of carbonyl (C=O) groups is 1. The van der Waals surface area contributed by atoms with Crippen molar-refractivity contribution in [2.24, 2.45) is 5.92 Å². The number of amides is 1. The average Bonchev–Trinajstić information content (AvgIpc) is 2.05. The van der Waals surface area contributed by atoms with Crippen LogP contribution in [0.2, 0.25) is 0 Å². The van der Waals surface area contributed by atoms with Crippen LogP contribution in [0.25, 0.3) is 0 Å². The van der Waals surface area contributed by atoms with E-state index in [1.165, 1.54) is 19.3 Å². The fourth-order valence-electron chi connectivity index (χ4n) is 1.71. The van der Waals surface area contributed by atoms with Crippen LogP contribution in [0.4, 0.5) is 0 Å². The van der Waals surface area contributed by atoms with E-state index in [4.69, 9.17) is 0 Å². The third-order valence-corrected chi connectivity index (χ3v) is 2.34. The van der Waals surface area contributed by atoms with E-state index in [1.54, 1.807) is 0 Å². The maximum Gasteiger partial charge on any atom is 0.244 e. The second-order valence-electron chi connectivity index (χ2n) is 3.90. The molecule has 1 rings (SSSR count).